The van der Waals surface area contributed by atoms with Crippen molar-refractivity contribution in [1.29, 1.82) is 0 Å². The number of hydrogen-bond acceptors (Lipinski definition) is 1. The van der Waals surface area contributed by atoms with E-state index in [4.69, 9.17) is 5.11 Å². The smallest absolute Gasteiger partial charge is 0.335 e. The van der Waals surface area contributed by atoms with Gasteiger partial charge < -0.3 is 5.11 Å². The molecular weight excluding hydrogens is 284 g/mol. The van der Waals surface area contributed by atoms with E-state index in [9.17, 15) is 4.79 Å². The van der Waals surface area contributed by atoms with Gasteiger partial charge in [-0.15, -0.1) is 0 Å². The Morgan fingerprint density at radius 1 is 0.739 bits per heavy atom. The molecule has 3 rings (SSSR count). The molecule has 0 aliphatic rings. The highest BCUT2D eigenvalue weighted by Gasteiger charge is 2.17. The first-order chi connectivity index (χ1) is 11.1. The molecule has 3 aromatic carbocycles. The molecule has 1 atom stereocenters. The van der Waals surface area contributed by atoms with Gasteiger partial charge in [-0.3, -0.25) is 0 Å². The van der Waals surface area contributed by atoms with Gasteiger partial charge in [-0.2, -0.15) is 0 Å². The Morgan fingerprint density at radius 3 is 1.74 bits per heavy atom. The summed E-state index contributed by atoms with van der Waals surface area (Å²) in [5, 5.41) is 9.08. The van der Waals surface area contributed by atoms with Gasteiger partial charge in [0.2, 0.25) is 0 Å². The number of carboxylic acids is 1. The summed E-state index contributed by atoms with van der Waals surface area (Å²) in [4.78, 5) is 11.1. The Bertz CT molecular complexity index is 788. The first kappa shape index (κ1) is 15.0. The van der Waals surface area contributed by atoms with Crippen LogP contribution in [0.4, 0.5) is 0 Å². The van der Waals surface area contributed by atoms with Crippen LogP contribution in [0.2, 0.25) is 0 Å². The SMILES string of the molecule is Cc1ccc(C(c2ccccc2)c2ccc(C(=O)O)cc2)cc1. The monoisotopic (exact) mass is 302 g/mol. The summed E-state index contributed by atoms with van der Waals surface area (Å²) in [6.07, 6.45) is 0. The van der Waals surface area contributed by atoms with Crippen molar-refractivity contribution < 1.29 is 9.90 Å². The normalized spacial score (nSPS) is 11.9. The van der Waals surface area contributed by atoms with E-state index in [2.05, 4.69) is 43.3 Å². The molecule has 0 fully saturated rings. The van der Waals surface area contributed by atoms with Crippen molar-refractivity contribution in [1.82, 2.24) is 0 Å². The summed E-state index contributed by atoms with van der Waals surface area (Å²) in [6.45, 7) is 2.07. The van der Waals surface area contributed by atoms with E-state index >= 15 is 0 Å². The lowest BCUT2D eigenvalue weighted by Gasteiger charge is -2.19. The molecule has 1 N–H and O–H groups in total. The van der Waals surface area contributed by atoms with Gasteiger partial charge in [-0.25, -0.2) is 4.79 Å². The number of hydrogen-bond donors (Lipinski definition) is 1. The van der Waals surface area contributed by atoms with Crippen LogP contribution in [0.3, 0.4) is 0 Å². The minimum atomic E-state index is -0.900. The molecule has 0 aliphatic heterocycles. The molecule has 114 valence electrons. The van der Waals surface area contributed by atoms with Crippen LogP contribution in [-0.2, 0) is 0 Å². The van der Waals surface area contributed by atoms with Gasteiger partial charge in [-0.1, -0.05) is 72.3 Å². The molecule has 0 aromatic heterocycles. The van der Waals surface area contributed by atoms with Gasteiger partial charge in [0.15, 0.2) is 0 Å². The van der Waals surface area contributed by atoms with Crippen LogP contribution in [0, 0.1) is 6.92 Å². The molecule has 0 spiro atoms. The van der Waals surface area contributed by atoms with Crippen molar-refractivity contribution in [3.63, 3.8) is 0 Å². The summed E-state index contributed by atoms with van der Waals surface area (Å²) in [6, 6.07) is 25.9. The highest BCUT2D eigenvalue weighted by molar-refractivity contribution is 5.87. The second-order valence-corrected chi connectivity index (χ2v) is 5.68. The van der Waals surface area contributed by atoms with Gasteiger partial charge in [-0.05, 0) is 35.7 Å². The Morgan fingerprint density at radius 2 is 1.22 bits per heavy atom. The Hall–Kier alpha value is -2.87. The first-order valence-corrected chi connectivity index (χ1v) is 7.60. The number of rotatable bonds is 4. The Kier molecular flexibility index (Phi) is 4.24. The van der Waals surface area contributed by atoms with E-state index in [-0.39, 0.29) is 5.92 Å². The maximum Gasteiger partial charge on any atom is 0.335 e. The summed E-state index contributed by atoms with van der Waals surface area (Å²) in [7, 11) is 0. The number of carbonyl (C=O) groups is 1. The van der Waals surface area contributed by atoms with Crippen LogP contribution >= 0.6 is 0 Å². The van der Waals surface area contributed by atoms with E-state index in [1.165, 1.54) is 16.7 Å². The third kappa shape index (κ3) is 3.32. The predicted molar refractivity (Wildman–Crippen MR) is 92.0 cm³/mol. The van der Waals surface area contributed by atoms with Crippen molar-refractivity contribution in [2.75, 3.05) is 0 Å². The van der Waals surface area contributed by atoms with Crippen LogP contribution in [-0.4, -0.2) is 11.1 Å². The molecule has 2 nitrogen and oxygen atoms in total. The van der Waals surface area contributed by atoms with E-state index in [1.54, 1.807) is 12.1 Å². The number of aryl methyl sites for hydroxylation is 1. The largest absolute Gasteiger partial charge is 0.478 e. The minimum absolute atomic E-state index is 0.0969. The number of aromatic carboxylic acids is 1. The zero-order valence-electron chi connectivity index (χ0n) is 12.9. The van der Waals surface area contributed by atoms with Crippen molar-refractivity contribution in [3.05, 3.63) is 107 Å². The molecule has 0 radical (unpaired) electrons. The molecule has 3 aromatic rings. The average molecular weight is 302 g/mol. The maximum atomic E-state index is 11.1. The summed E-state index contributed by atoms with van der Waals surface area (Å²) in [5.74, 6) is -0.803. The number of benzene rings is 3. The van der Waals surface area contributed by atoms with Crippen LogP contribution in [0.15, 0.2) is 78.9 Å². The van der Waals surface area contributed by atoms with E-state index < -0.39 is 5.97 Å². The van der Waals surface area contributed by atoms with Crippen molar-refractivity contribution in [2.24, 2.45) is 0 Å². The summed E-state index contributed by atoms with van der Waals surface area (Å²) >= 11 is 0. The average Bonchev–Trinajstić information content (AvgIpc) is 2.58. The molecule has 0 saturated carbocycles. The lowest BCUT2D eigenvalue weighted by molar-refractivity contribution is 0.0697. The van der Waals surface area contributed by atoms with Crippen molar-refractivity contribution >= 4 is 5.97 Å². The third-order valence-corrected chi connectivity index (χ3v) is 4.03. The summed E-state index contributed by atoms with van der Waals surface area (Å²) < 4.78 is 0. The second kappa shape index (κ2) is 6.49. The fourth-order valence-electron chi connectivity index (χ4n) is 2.80. The molecular formula is C21H18O2. The lowest BCUT2D eigenvalue weighted by atomic mass is 9.84. The van der Waals surface area contributed by atoms with Crippen LogP contribution in [0.1, 0.15) is 38.5 Å². The molecule has 0 saturated heterocycles. The van der Waals surface area contributed by atoms with Gasteiger partial charge in [0.05, 0.1) is 5.56 Å². The fourth-order valence-corrected chi connectivity index (χ4v) is 2.80. The van der Waals surface area contributed by atoms with Gasteiger partial charge in [0, 0.05) is 5.92 Å². The van der Waals surface area contributed by atoms with Gasteiger partial charge in [0.25, 0.3) is 0 Å². The zero-order chi connectivity index (χ0) is 16.2. The van der Waals surface area contributed by atoms with Gasteiger partial charge >= 0.3 is 5.97 Å². The minimum Gasteiger partial charge on any atom is -0.478 e. The van der Waals surface area contributed by atoms with Gasteiger partial charge in [0.1, 0.15) is 0 Å². The highest BCUT2D eigenvalue weighted by atomic mass is 16.4. The number of carboxylic acid groups (broad SMARTS) is 1. The topological polar surface area (TPSA) is 37.3 Å². The van der Waals surface area contributed by atoms with E-state index in [0.717, 1.165) is 5.56 Å². The van der Waals surface area contributed by atoms with E-state index in [1.807, 2.05) is 30.3 Å². The van der Waals surface area contributed by atoms with Crippen LogP contribution in [0.5, 0.6) is 0 Å². The maximum absolute atomic E-state index is 11.1. The fraction of sp³-hybridized carbons (Fsp3) is 0.0952. The third-order valence-electron chi connectivity index (χ3n) is 4.03. The summed E-state index contributed by atoms with van der Waals surface area (Å²) in [5.41, 5.74) is 5.01. The molecule has 23 heavy (non-hydrogen) atoms. The second-order valence-electron chi connectivity index (χ2n) is 5.68. The van der Waals surface area contributed by atoms with Crippen LogP contribution in [0.25, 0.3) is 0 Å². The Balaban J connectivity index is 2.08. The quantitative estimate of drug-likeness (QED) is 0.698. The van der Waals surface area contributed by atoms with Crippen LogP contribution < -0.4 is 0 Å². The molecule has 1 unspecified atom stereocenters. The van der Waals surface area contributed by atoms with Crippen molar-refractivity contribution in [3.8, 4) is 0 Å². The zero-order valence-corrected chi connectivity index (χ0v) is 12.9. The molecule has 0 aliphatic carbocycles. The highest BCUT2D eigenvalue weighted by Crippen LogP contribution is 2.32. The molecule has 0 bridgehead atoms. The molecule has 0 amide bonds. The van der Waals surface area contributed by atoms with Crippen molar-refractivity contribution in [2.45, 2.75) is 12.8 Å². The molecule has 0 heterocycles. The predicted octanol–water partition coefficient (Wildman–Crippen LogP) is 4.87. The lowest BCUT2D eigenvalue weighted by Crippen LogP contribution is -2.04. The van der Waals surface area contributed by atoms with E-state index in [0.29, 0.717) is 5.56 Å². The first-order valence-electron chi connectivity index (χ1n) is 7.60. The molecule has 2 heteroatoms. The Labute approximate surface area is 136 Å². The standard InChI is InChI=1S/C21H18O2/c1-15-7-9-17(10-8-15)20(16-5-3-2-4-6-16)18-11-13-19(14-12-18)21(22)23/h2-14,20H,1H3,(H,22,23).